The minimum Gasteiger partial charge on any atom is -0.481 e. The van der Waals surface area contributed by atoms with E-state index in [1.54, 1.807) is 12.1 Å². The maximum Gasteiger partial charge on any atom is 0.279 e. The highest BCUT2D eigenvalue weighted by atomic mass is 127. The predicted molar refractivity (Wildman–Crippen MR) is 96.3 cm³/mol. The number of hydrazine groups is 1. The van der Waals surface area contributed by atoms with Crippen LogP contribution in [-0.4, -0.2) is 17.9 Å². The number of benzene rings is 2. The Balaban J connectivity index is 1.91. The first-order chi connectivity index (χ1) is 11.4. The fourth-order valence-electron chi connectivity index (χ4n) is 1.73. The van der Waals surface area contributed by atoms with Crippen molar-refractivity contribution in [3.8, 4) is 5.75 Å². The molecule has 8 heteroatoms. The molecule has 2 amide bonds. The van der Waals surface area contributed by atoms with Crippen molar-refractivity contribution in [2.45, 2.75) is 13.0 Å². The molecular formula is C16H13ClFIN2O3. The second-order valence-corrected chi connectivity index (χ2v) is 6.38. The summed E-state index contributed by atoms with van der Waals surface area (Å²) < 4.78 is 18.9. The number of carbonyl (C=O) groups is 2. The summed E-state index contributed by atoms with van der Waals surface area (Å²) >= 11 is 7.85. The van der Waals surface area contributed by atoms with Gasteiger partial charge in [-0.25, -0.2) is 4.39 Å². The van der Waals surface area contributed by atoms with Gasteiger partial charge in [-0.1, -0.05) is 11.6 Å². The van der Waals surface area contributed by atoms with Gasteiger partial charge in [-0.15, -0.1) is 0 Å². The van der Waals surface area contributed by atoms with Gasteiger partial charge in [-0.3, -0.25) is 20.4 Å². The minimum absolute atomic E-state index is 0.342. The van der Waals surface area contributed by atoms with E-state index in [0.29, 0.717) is 19.9 Å². The van der Waals surface area contributed by atoms with Gasteiger partial charge in [-0.2, -0.15) is 0 Å². The zero-order valence-corrected chi connectivity index (χ0v) is 15.4. The van der Waals surface area contributed by atoms with Crippen molar-refractivity contribution >= 4 is 46.0 Å². The van der Waals surface area contributed by atoms with E-state index in [1.165, 1.54) is 37.3 Å². The van der Waals surface area contributed by atoms with Crippen LogP contribution in [0.5, 0.6) is 5.75 Å². The van der Waals surface area contributed by atoms with Crippen molar-refractivity contribution in [1.29, 1.82) is 0 Å². The van der Waals surface area contributed by atoms with E-state index in [9.17, 15) is 14.0 Å². The fourth-order valence-corrected chi connectivity index (χ4v) is 2.48. The van der Waals surface area contributed by atoms with Gasteiger partial charge in [0, 0.05) is 8.59 Å². The van der Waals surface area contributed by atoms with Gasteiger partial charge in [0.05, 0.1) is 5.56 Å². The van der Waals surface area contributed by atoms with Crippen LogP contribution in [0.2, 0.25) is 5.02 Å². The van der Waals surface area contributed by atoms with Crippen LogP contribution in [0, 0.1) is 9.39 Å². The summed E-state index contributed by atoms with van der Waals surface area (Å²) in [5.41, 5.74) is 4.92. The van der Waals surface area contributed by atoms with E-state index < -0.39 is 23.7 Å². The number of nitrogens with one attached hydrogen (secondary N) is 2. The molecule has 1 atom stereocenters. The largest absolute Gasteiger partial charge is 0.481 e. The molecule has 24 heavy (non-hydrogen) atoms. The molecule has 0 heterocycles. The lowest BCUT2D eigenvalue weighted by Crippen LogP contribution is -2.47. The van der Waals surface area contributed by atoms with Crippen LogP contribution in [0.15, 0.2) is 42.5 Å². The van der Waals surface area contributed by atoms with Gasteiger partial charge in [-0.05, 0) is 72.0 Å². The van der Waals surface area contributed by atoms with Crippen LogP contribution in [0.4, 0.5) is 4.39 Å². The number of rotatable bonds is 4. The molecule has 0 aromatic heterocycles. The van der Waals surface area contributed by atoms with Gasteiger partial charge < -0.3 is 4.74 Å². The molecule has 2 N–H and O–H groups in total. The Morgan fingerprint density at radius 1 is 1.17 bits per heavy atom. The first kappa shape index (κ1) is 18.5. The molecule has 0 bridgehead atoms. The standard InChI is InChI=1S/C16H13ClFIN2O3/c1-9(24-12-5-3-11(18)4-6-12)15(22)20-21-16(23)13-8-10(17)2-7-14(13)19/h2-9H,1H3,(H,20,22)(H,21,23). The Bertz CT molecular complexity index is 755. The maximum atomic E-state index is 12.8. The Kier molecular flexibility index (Phi) is 6.38. The van der Waals surface area contributed by atoms with Gasteiger partial charge in [0.15, 0.2) is 6.10 Å². The molecule has 2 rings (SSSR count). The number of carbonyl (C=O) groups excluding carboxylic acids is 2. The summed E-state index contributed by atoms with van der Waals surface area (Å²) in [5, 5.41) is 0.417. The van der Waals surface area contributed by atoms with Crippen molar-refractivity contribution in [3.05, 3.63) is 62.4 Å². The van der Waals surface area contributed by atoms with E-state index in [0.717, 1.165) is 0 Å². The number of halogens is 3. The zero-order chi connectivity index (χ0) is 17.7. The molecule has 126 valence electrons. The number of ether oxygens (including phenoxy) is 1. The summed E-state index contributed by atoms with van der Waals surface area (Å²) in [5.74, 6) is -1.11. The number of hydrogen-bond acceptors (Lipinski definition) is 3. The van der Waals surface area contributed by atoms with Gasteiger partial charge >= 0.3 is 0 Å². The van der Waals surface area contributed by atoms with Gasteiger partial charge in [0.1, 0.15) is 11.6 Å². The highest BCUT2D eigenvalue weighted by Crippen LogP contribution is 2.17. The summed E-state index contributed by atoms with van der Waals surface area (Å²) in [4.78, 5) is 24.0. The molecular weight excluding hydrogens is 450 g/mol. The topological polar surface area (TPSA) is 67.4 Å². The van der Waals surface area contributed by atoms with Crippen molar-refractivity contribution in [3.63, 3.8) is 0 Å². The second-order valence-electron chi connectivity index (χ2n) is 4.78. The lowest BCUT2D eigenvalue weighted by atomic mass is 10.2. The molecule has 5 nitrogen and oxygen atoms in total. The van der Waals surface area contributed by atoms with Crippen LogP contribution in [-0.2, 0) is 4.79 Å². The Morgan fingerprint density at radius 3 is 2.50 bits per heavy atom. The Morgan fingerprint density at radius 2 is 1.83 bits per heavy atom. The van der Waals surface area contributed by atoms with Crippen LogP contribution >= 0.6 is 34.2 Å². The zero-order valence-electron chi connectivity index (χ0n) is 12.5. The van der Waals surface area contributed by atoms with Crippen LogP contribution in [0.1, 0.15) is 17.3 Å². The fraction of sp³-hybridized carbons (Fsp3) is 0.125. The first-order valence-corrected chi connectivity index (χ1v) is 8.30. The number of amides is 2. The predicted octanol–water partition coefficient (Wildman–Crippen LogP) is 3.31. The van der Waals surface area contributed by atoms with Crippen LogP contribution < -0.4 is 15.6 Å². The van der Waals surface area contributed by atoms with Gasteiger partial charge in [0.25, 0.3) is 11.8 Å². The average molecular weight is 463 g/mol. The van der Waals surface area contributed by atoms with E-state index in [-0.39, 0.29) is 0 Å². The Hall–Kier alpha value is -1.87. The molecule has 0 fully saturated rings. The van der Waals surface area contributed by atoms with Gasteiger partial charge in [0.2, 0.25) is 0 Å². The second kappa shape index (κ2) is 8.29. The highest BCUT2D eigenvalue weighted by Gasteiger charge is 2.17. The smallest absolute Gasteiger partial charge is 0.279 e. The molecule has 0 aliphatic heterocycles. The van der Waals surface area contributed by atoms with Crippen LogP contribution in [0.3, 0.4) is 0 Å². The summed E-state index contributed by atoms with van der Waals surface area (Å²) in [6.45, 7) is 1.51. The molecule has 0 saturated carbocycles. The molecule has 0 saturated heterocycles. The minimum atomic E-state index is -0.880. The third-order valence-corrected chi connectivity index (χ3v) is 4.14. The maximum absolute atomic E-state index is 12.8. The first-order valence-electron chi connectivity index (χ1n) is 6.84. The van der Waals surface area contributed by atoms with E-state index >= 15 is 0 Å². The van der Waals surface area contributed by atoms with Crippen LogP contribution in [0.25, 0.3) is 0 Å². The summed E-state index contributed by atoms with van der Waals surface area (Å²) in [6, 6.07) is 10.1. The highest BCUT2D eigenvalue weighted by molar-refractivity contribution is 14.1. The Labute approximate surface area is 156 Å². The molecule has 0 aliphatic rings. The normalized spacial score (nSPS) is 11.5. The lowest BCUT2D eigenvalue weighted by molar-refractivity contribution is -0.128. The lowest BCUT2D eigenvalue weighted by Gasteiger charge is -2.15. The van der Waals surface area contributed by atoms with Crippen molar-refractivity contribution in [2.75, 3.05) is 0 Å². The average Bonchev–Trinajstić information content (AvgIpc) is 2.56. The molecule has 2 aromatic rings. The van der Waals surface area contributed by atoms with Crippen molar-refractivity contribution < 1.29 is 18.7 Å². The van der Waals surface area contributed by atoms with E-state index in [4.69, 9.17) is 16.3 Å². The molecule has 0 radical (unpaired) electrons. The SMILES string of the molecule is CC(Oc1ccc(F)cc1)C(=O)NNC(=O)c1cc(Cl)ccc1I. The third kappa shape index (κ3) is 5.07. The molecule has 0 aliphatic carbocycles. The monoisotopic (exact) mass is 462 g/mol. The quantitative estimate of drug-likeness (QED) is 0.541. The summed E-state index contributed by atoms with van der Waals surface area (Å²) in [7, 11) is 0. The van der Waals surface area contributed by atoms with E-state index in [2.05, 4.69) is 10.9 Å². The van der Waals surface area contributed by atoms with Crippen molar-refractivity contribution in [2.24, 2.45) is 0 Å². The molecule has 2 aromatic carbocycles. The summed E-state index contributed by atoms with van der Waals surface area (Å²) in [6.07, 6.45) is -0.880. The molecule has 0 spiro atoms. The van der Waals surface area contributed by atoms with E-state index in [1.807, 2.05) is 22.6 Å². The number of hydrogen-bond donors (Lipinski definition) is 2. The molecule has 1 unspecified atom stereocenters. The third-order valence-electron chi connectivity index (χ3n) is 2.97. The van der Waals surface area contributed by atoms with Crippen molar-refractivity contribution in [1.82, 2.24) is 10.9 Å².